The number of hydrogen-bond donors (Lipinski definition) is 1. The number of benzene rings is 1. The van der Waals surface area contributed by atoms with Crippen LogP contribution in [0, 0.1) is 0 Å². The van der Waals surface area contributed by atoms with Crippen LogP contribution in [0.5, 0.6) is 0 Å². The fraction of sp³-hybridized carbons (Fsp3) is 0.417. The summed E-state index contributed by atoms with van der Waals surface area (Å²) < 4.78 is 9.49. The zero-order valence-corrected chi connectivity index (χ0v) is 9.47. The van der Waals surface area contributed by atoms with Crippen molar-refractivity contribution in [3.8, 4) is 0 Å². The first-order chi connectivity index (χ1) is 7.69. The molecule has 0 aliphatic rings. The lowest BCUT2D eigenvalue weighted by Crippen LogP contribution is -2.05. The molecule has 1 atom stereocenters. The van der Waals surface area contributed by atoms with Crippen LogP contribution in [0.1, 0.15) is 28.4 Å². The van der Waals surface area contributed by atoms with Gasteiger partial charge in [0.15, 0.2) is 0 Å². The van der Waals surface area contributed by atoms with Crippen molar-refractivity contribution >= 4 is 5.97 Å². The van der Waals surface area contributed by atoms with Crippen molar-refractivity contribution in [3.63, 3.8) is 0 Å². The van der Waals surface area contributed by atoms with Gasteiger partial charge in [0.05, 0.1) is 18.8 Å². The molecule has 1 N–H and O–H groups in total. The molecule has 0 amide bonds. The van der Waals surface area contributed by atoms with Gasteiger partial charge in [-0.2, -0.15) is 0 Å². The molecule has 4 nitrogen and oxygen atoms in total. The molecule has 0 bridgehead atoms. The Morgan fingerprint density at radius 1 is 1.44 bits per heavy atom. The molecular formula is C12H16O4. The fourth-order valence-corrected chi connectivity index (χ4v) is 1.39. The van der Waals surface area contributed by atoms with Gasteiger partial charge in [0.25, 0.3) is 0 Å². The summed E-state index contributed by atoms with van der Waals surface area (Å²) in [6, 6.07) is 6.77. The number of carbonyl (C=O) groups excluding carboxylic acids is 1. The molecule has 1 aromatic rings. The van der Waals surface area contributed by atoms with Gasteiger partial charge in [-0.3, -0.25) is 0 Å². The van der Waals surface area contributed by atoms with Crippen molar-refractivity contribution in [2.75, 3.05) is 20.8 Å². The van der Waals surface area contributed by atoms with Gasteiger partial charge in [0.1, 0.15) is 0 Å². The van der Waals surface area contributed by atoms with E-state index >= 15 is 0 Å². The van der Waals surface area contributed by atoms with E-state index in [-0.39, 0.29) is 0 Å². The summed E-state index contributed by atoms with van der Waals surface area (Å²) in [7, 11) is 2.91. The molecule has 0 radical (unpaired) electrons. The lowest BCUT2D eigenvalue weighted by atomic mass is 10.0. The molecule has 0 saturated heterocycles. The third kappa shape index (κ3) is 3.32. The van der Waals surface area contributed by atoms with E-state index in [2.05, 4.69) is 4.74 Å². The van der Waals surface area contributed by atoms with Gasteiger partial charge in [0.2, 0.25) is 0 Å². The SMILES string of the molecule is COCCC(O)c1cccc(C(=O)OC)c1. The van der Waals surface area contributed by atoms with Gasteiger partial charge in [-0.25, -0.2) is 4.79 Å². The Morgan fingerprint density at radius 3 is 2.81 bits per heavy atom. The first kappa shape index (κ1) is 12.7. The Morgan fingerprint density at radius 2 is 2.19 bits per heavy atom. The molecule has 16 heavy (non-hydrogen) atoms. The van der Waals surface area contributed by atoms with Gasteiger partial charge in [-0.05, 0) is 17.7 Å². The summed E-state index contributed by atoms with van der Waals surface area (Å²) in [5.41, 5.74) is 1.14. The Kier molecular flexibility index (Phi) is 4.95. The fourth-order valence-electron chi connectivity index (χ4n) is 1.39. The predicted molar refractivity (Wildman–Crippen MR) is 59.2 cm³/mol. The molecule has 0 heterocycles. The van der Waals surface area contributed by atoms with E-state index in [1.807, 2.05) is 0 Å². The molecule has 0 aliphatic carbocycles. The quantitative estimate of drug-likeness (QED) is 0.771. The Labute approximate surface area is 94.8 Å². The molecule has 0 spiro atoms. The minimum Gasteiger partial charge on any atom is -0.465 e. The summed E-state index contributed by atoms with van der Waals surface area (Å²) in [5.74, 6) is -0.402. The first-order valence-corrected chi connectivity index (χ1v) is 5.04. The molecular weight excluding hydrogens is 208 g/mol. The van der Waals surface area contributed by atoms with Crippen LogP contribution < -0.4 is 0 Å². The van der Waals surface area contributed by atoms with Crippen molar-refractivity contribution in [2.24, 2.45) is 0 Å². The van der Waals surface area contributed by atoms with Crippen LogP contribution in [-0.4, -0.2) is 31.9 Å². The number of rotatable bonds is 5. The highest BCUT2D eigenvalue weighted by molar-refractivity contribution is 5.89. The molecule has 0 aromatic heterocycles. The maximum absolute atomic E-state index is 11.3. The predicted octanol–water partition coefficient (Wildman–Crippen LogP) is 1.54. The Balaban J connectivity index is 2.77. The topological polar surface area (TPSA) is 55.8 Å². The van der Waals surface area contributed by atoms with Gasteiger partial charge in [-0.1, -0.05) is 12.1 Å². The van der Waals surface area contributed by atoms with Crippen molar-refractivity contribution in [3.05, 3.63) is 35.4 Å². The zero-order valence-electron chi connectivity index (χ0n) is 9.47. The number of carbonyl (C=O) groups is 1. The molecule has 0 aliphatic heterocycles. The van der Waals surface area contributed by atoms with Gasteiger partial charge >= 0.3 is 5.97 Å². The Bertz CT molecular complexity index is 349. The van der Waals surface area contributed by atoms with E-state index in [1.165, 1.54) is 7.11 Å². The summed E-state index contributed by atoms with van der Waals surface area (Å²) in [5, 5.41) is 9.80. The number of hydrogen-bond acceptors (Lipinski definition) is 4. The summed E-state index contributed by atoms with van der Waals surface area (Å²) >= 11 is 0. The van der Waals surface area contributed by atoms with E-state index in [4.69, 9.17) is 4.74 Å². The second kappa shape index (κ2) is 6.25. The summed E-state index contributed by atoms with van der Waals surface area (Å²) in [6.45, 7) is 0.476. The van der Waals surface area contributed by atoms with Gasteiger partial charge in [0, 0.05) is 20.1 Å². The largest absolute Gasteiger partial charge is 0.465 e. The minimum absolute atomic E-state index is 0.402. The van der Waals surface area contributed by atoms with Crippen molar-refractivity contribution in [2.45, 2.75) is 12.5 Å². The summed E-state index contributed by atoms with van der Waals surface area (Å²) in [4.78, 5) is 11.3. The van der Waals surface area contributed by atoms with Crippen LogP contribution in [0.4, 0.5) is 0 Å². The molecule has 0 fully saturated rings. The zero-order chi connectivity index (χ0) is 12.0. The number of aliphatic hydroxyl groups is 1. The smallest absolute Gasteiger partial charge is 0.337 e. The average Bonchev–Trinajstić information content (AvgIpc) is 2.35. The van der Waals surface area contributed by atoms with E-state index in [0.29, 0.717) is 24.2 Å². The van der Waals surface area contributed by atoms with Crippen LogP contribution in [0.15, 0.2) is 24.3 Å². The first-order valence-electron chi connectivity index (χ1n) is 5.04. The standard InChI is InChI=1S/C12H16O4/c1-15-7-6-11(13)9-4-3-5-10(8-9)12(14)16-2/h3-5,8,11,13H,6-7H2,1-2H3. The minimum atomic E-state index is -0.621. The van der Waals surface area contributed by atoms with Crippen LogP contribution in [0.25, 0.3) is 0 Å². The highest BCUT2D eigenvalue weighted by Gasteiger charge is 2.11. The average molecular weight is 224 g/mol. The molecule has 1 rings (SSSR count). The third-order valence-electron chi connectivity index (χ3n) is 2.29. The van der Waals surface area contributed by atoms with E-state index < -0.39 is 12.1 Å². The molecule has 1 aromatic carbocycles. The second-order valence-electron chi connectivity index (χ2n) is 3.41. The lowest BCUT2D eigenvalue weighted by Gasteiger charge is -2.11. The normalized spacial score (nSPS) is 12.2. The second-order valence-corrected chi connectivity index (χ2v) is 3.41. The monoisotopic (exact) mass is 224 g/mol. The van der Waals surface area contributed by atoms with Crippen molar-refractivity contribution in [1.82, 2.24) is 0 Å². The number of methoxy groups -OCH3 is 2. The molecule has 0 saturated carbocycles. The lowest BCUT2D eigenvalue weighted by molar-refractivity contribution is 0.0600. The van der Waals surface area contributed by atoms with Gasteiger partial charge in [-0.15, -0.1) is 0 Å². The number of aliphatic hydroxyl groups excluding tert-OH is 1. The Hall–Kier alpha value is -1.39. The van der Waals surface area contributed by atoms with Crippen LogP contribution in [-0.2, 0) is 9.47 Å². The number of esters is 1. The maximum atomic E-state index is 11.3. The third-order valence-corrected chi connectivity index (χ3v) is 2.29. The molecule has 1 unspecified atom stereocenters. The molecule has 4 heteroatoms. The number of ether oxygens (including phenoxy) is 2. The van der Waals surface area contributed by atoms with Crippen LogP contribution in [0.2, 0.25) is 0 Å². The van der Waals surface area contributed by atoms with Crippen LogP contribution in [0.3, 0.4) is 0 Å². The molecule has 88 valence electrons. The van der Waals surface area contributed by atoms with Crippen molar-refractivity contribution in [1.29, 1.82) is 0 Å². The van der Waals surface area contributed by atoms with E-state index in [1.54, 1.807) is 31.4 Å². The van der Waals surface area contributed by atoms with E-state index in [9.17, 15) is 9.90 Å². The van der Waals surface area contributed by atoms with E-state index in [0.717, 1.165) is 0 Å². The van der Waals surface area contributed by atoms with Gasteiger partial charge < -0.3 is 14.6 Å². The highest BCUT2D eigenvalue weighted by Crippen LogP contribution is 2.18. The summed E-state index contributed by atoms with van der Waals surface area (Å²) in [6.07, 6.45) is -0.120. The van der Waals surface area contributed by atoms with Crippen LogP contribution >= 0.6 is 0 Å². The van der Waals surface area contributed by atoms with Crippen molar-refractivity contribution < 1.29 is 19.4 Å². The maximum Gasteiger partial charge on any atom is 0.337 e. The highest BCUT2D eigenvalue weighted by atomic mass is 16.5.